The zero-order valence-corrected chi connectivity index (χ0v) is 29.2. The number of carbonyl (C=O) groups is 3. The van der Waals surface area contributed by atoms with Gasteiger partial charge in [0.05, 0.1) is 24.1 Å². The molecular weight excluding hydrogens is 632 g/mol. The standard InChI is InChI=1S/C36H48N4O7S/c1-5-35(15-16-35)48(44,45)39-34(43)36-20-25(36)12-8-7-11-23(3)17-24(4)18-31(41)40-22-26(19-29(40)32(42)38-36)47-33-28-14-10-9-13-27(28)30(21-37-33)46-6-2/h8-10,12-14,21,23-26,29H,5-7,11,15-20,22H2,1-4H3,(H,38,42)(H,39,43)/b12-8-/t23-,24+,25+,26+,29-,36+/m0/s1. The number of sulfonamides is 1. The van der Waals surface area contributed by atoms with Crippen LogP contribution in [0.5, 0.6) is 11.6 Å². The zero-order chi connectivity index (χ0) is 34.3. The lowest BCUT2D eigenvalue weighted by Gasteiger charge is -2.28. The second-order valence-electron chi connectivity index (χ2n) is 14.3. The van der Waals surface area contributed by atoms with E-state index in [2.05, 4.69) is 28.9 Å². The second-order valence-corrected chi connectivity index (χ2v) is 16.4. The minimum absolute atomic E-state index is 0.117. The van der Waals surface area contributed by atoms with Crippen LogP contribution in [0.25, 0.3) is 10.8 Å². The average molecular weight is 681 g/mol. The predicted octanol–water partition coefficient (Wildman–Crippen LogP) is 4.65. The van der Waals surface area contributed by atoms with E-state index < -0.39 is 44.3 Å². The molecule has 0 spiro atoms. The largest absolute Gasteiger partial charge is 0.492 e. The van der Waals surface area contributed by atoms with E-state index in [4.69, 9.17) is 9.47 Å². The molecule has 2 aliphatic carbocycles. The average Bonchev–Trinajstić information content (AvgIpc) is 3.95. The molecule has 3 fully saturated rings. The van der Waals surface area contributed by atoms with Crippen molar-refractivity contribution in [1.29, 1.82) is 0 Å². The summed E-state index contributed by atoms with van der Waals surface area (Å²) in [5, 5.41) is 4.56. The Balaban J connectivity index is 1.28. The number of allylic oxidation sites excluding steroid dienone is 1. The van der Waals surface area contributed by atoms with E-state index in [1.54, 1.807) is 18.0 Å². The van der Waals surface area contributed by atoms with Crippen molar-refractivity contribution in [2.75, 3.05) is 13.2 Å². The summed E-state index contributed by atoms with van der Waals surface area (Å²) in [6.07, 6.45) is 9.82. The van der Waals surface area contributed by atoms with Crippen molar-refractivity contribution in [3.8, 4) is 11.6 Å². The minimum Gasteiger partial charge on any atom is -0.492 e. The van der Waals surface area contributed by atoms with Crippen LogP contribution < -0.4 is 19.5 Å². The number of amides is 3. The summed E-state index contributed by atoms with van der Waals surface area (Å²) in [5.41, 5.74) is -1.41. The molecular formula is C36H48N4O7S. The highest BCUT2D eigenvalue weighted by Gasteiger charge is 2.63. The number of benzene rings is 1. The SMILES string of the molecule is CCOc1cnc(O[C@@H]2C[C@H]3C(=O)N[C@]4(C(=O)NS(=O)(=O)C5(CC)CC5)C[C@H]4/C=C\CC[C@H](C)C[C@@H](C)CC(=O)N3C2)c2ccccc12. The summed E-state index contributed by atoms with van der Waals surface area (Å²) in [4.78, 5) is 47.9. The Morgan fingerprint density at radius 1 is 1.10 bits per heavy atom. The van der Waals surface area contributed by atoms with Crippen LogP contribution in [-0.4, -0.2) is 71.6 Å². The molecule has 48 heavy (non-hydrogen) atoms. The molecule has 1 saturated heterocycles. The molecule has 0 unspecified atom stereocenters. The lowest BCUT2D eigenvalue weighted by molar-refractivity contribution is -0.140. The van der Waals surface area contributed by atoms with Crippen LogP contribution in [0.15, 0.2) is 42.6 Å². The first kappa shape index (κ1) is 34.2. The van der Waals surface area contributed by atoms with Crippen molar-refractivity contribution in [3.63, 3.8) is 0 Å². The van der Waals surface area contributed by atoms with E-state index in [0.717, 1.165) is 30.0 Å². The van der Waals surface area contributed by atoms with Crippen LogP contribution in [0.1, 0.15) is 85.5 Å². The van der Waals surface area contributed by atoms with Crippen LogP contribution in [0.4, 0.5) is 0 Å². The van der Waals surface area contributed by atoms with Gasteiger partial charge < -0.3 is 19.7 Å². The van der Waals surface area contributed by atoms with Gasteiger partial charge in [0, 0.05) is 29.5 Å². The molecule has 2 saturated carbocycles. The van der Waals surface area contributed by atoms with Crippen LogP contribution in [0, 0.1) is 17.8 Å². The van der Waals surface area contributed by atoms with Gasteiger partial charge in [0.25, 0.3) is 5.91 Å². The molecule has 1 aromatic heterocycles. The number of fused-ring (bicyclic) bond motifs is 3. The van der Waals surface area contributed by atoms with E-state index in [1.807, 2.05) is 43.3 Å². The molecule has 1 aromatic carbocycles. The van der Waals surface area contributed by atoms with Crippen LogP contribution >= 0.6 is 0 Å². The summed E-state index contributed by atoms with van der Waals surface area (Å²) in [5.74, 6) is -0.188. The molecule has 260 valence electrons. The summed E-state index contributed by atoms with van der Waals surface area (Å²) in [6.45, 7) is 8.62. The zero-order valence-electron chi connectivity index (χ0n) is 28.4. The Hall–Kier alpha value is -3.67. The maximum atomic E-state index is 14.2. The van der Waals surface area contributed by atoms with Gasteiger partial charge in [-0.1, -0.05) is 51.1 Å². The van der Waals surface area contributed by atoms with Crippen molar-refractivity contribution in [1.82, 2.24) is 19.9 Å². The third kappa shape index (κ3) is 6.64. The summed E-state index contributed by atoms with van der Waals surface area (Å²) >= 11 is 0. The molecule has 11 nitrogen and oxygen atoms in total. The normalized spacial score (nSPS) is 31.0. The summed E-state index contributed by atoms with van der Waals surface area (Å²) in [7, 11) is -3.93. The fourth-order valence-electron chi connectivity index (χ4n) is 7.57. The van der Waals surface area contributed by atoms with E-state index in [9.17, 15) is 22.8 Å². The summed E-state index contributed by atoms with van der Waals surface area (Å²) < 4.78 is 40.1. The number of ether oxygens (including phenoxy) is 2. The number of nitrogens with one attached hydrogen (secondary N) is 2. The van der Waals surface area contributed by atoms with Gasteiger partial charge >= 0.3 is 0 Å². The van der Waals surface area contributed by atoms with Crippen LogP contribution in [-0.2, 0) is 24.4 Å². The molecule has 6 rings (SSSR count). The second kappa shape index (κ2) is 13.3. The molecule has 2 aliphatic heterocycles. The minimum atomic E-state index is -3.93. The monoisotopic (exact) mass is 680 g/mol. The highest BCUT2D eigenvalue weighted by Crippen LogP contribution is 2.49. The Morgan fingerprint density at radius 2 is 1.85 bits per heavy atom. The van der Waals surface area contributed by atoms with Gasteiger partial charge in [-0.15, -0.1) is 0 Å². The van der Waals surface area contributed by atoms with Gasteiger partial charge in [-0.3, -0.25) is 19.1 Å². The molecule has 0 bridgehead atoms. The van der Waals surface area contributed by atoms with Gasteiger partial charge in [-0.25, -0.2) is 13.4 Å². The summed E-state index contributed by atoms with van der Waals surface area (Å²) in [6, 6.07) is 6.74. The van der Waals surface area contributed by atoms with E-state index >= 15 is 0 Å². The van der Waals surface area contributed by atoms with Gasteiger partial charge in [0.1, 0.15) is 23.4 Å². The van der Waals surface area contributed by atoms with Crippen molar-refractivity contribution in [3.05, 3.63) is 42.6 Å². The topological polar surface area (TPSA) is 144 Å². The molecule has 0 radical (unpaired) electrons. The van der Waals surface area contributed by atoms with Gasteiger partial charge in [0.2, 0.25) is 27.7 Å². The number of hydrogen-bond donors (Lipinski definition) is 2. The highest BCUT2D eigenvalue weighted by atomic mass is 32.2. The number of pyridine rings is 1. The Morgan fingerprint density at radius 3 is 2.56 bits per heavy atom. The lowest BCUT2D eigenvalue weighted by Crippen LogP contribution is -2.57. The number of hydrogen-bond acceptors (Lipinski definition) is 8. The third-order valence-corrected chi connectivity index (χ3v) is 13.0. The molecule has 3 amide bonds. The molecule has 4 aliphatic rings. The lowest BCUT2D eigenvalue weighted by atomic mass is 9.91. The number of aromatic nitrogens is 1. The fourth-order valence-corrected chi connectivity index (χ4v) is 9.24. The molecule has 3 heterocycles. The van der Waals surface area contributed by atoms with Gasteiger partial charge in [-0.05, 0) is 69.8 Å². The molecule has 6 atom stereocenters. The van der Waals surface area contributed by atoms with Crippen LogP contribution in [0.2, 0.25) is 0 Å². The predicted molar refractivity (Wildman–Crippen MR) is 182 cm³/mol. The van der Waals surface area contributed by atoms with Crippen molar-refractivity contribution >= 4 is 38.5 Å². The van der Waals surface area contributed by atoms with E-state index in [1.165, 1.54) is 0 Å². The maximum absolute atomic E-state index is 14.2. The number of carbonyl (C=O) groups excluding carboxylic acids is 3. The van der Waals surface area contributed by atoms with Gasteiger partial charge in [0.15, 0.2) is 0 Å². The van der Waals surface area contributed by atoms with E-state index in [0.29, 0.717) is 43.4 Å². The Kier molecular flexibility index (Phi) is 9.50. The highest BCUT2D eigenvalue weighted by molar-refractivity contribution is 7.91. The number of rotatable bonds is 8. The molecule has 12 heteroatoms. The smallest absolute Gasteiger partial charge is 0.259 e. The van der Waals surface area contributed by atoms with E-state index in [-0.39, 0.29) is 43.6 Å². The Bertz CT molecular complexity index is 1710. The quantitative estimate of drug-likeness (QED) is 0.384. The van der Waals surface area contributed by atoms with Crippen molar-refractivity contribution in [2.24, 2.45) is 17.8 Å². The first-order valence-electron chi connectivity index (χ1n) is 17.4. The maximum Gasteiger partial charge on any atom is 0.259 e. The van der Waals surface area contributed by atoms with Crippen LogP contribution in [0.3, 0.4) is 0 Å². The van der Waals surface area contributed by atoms with Crippen molar-refractivity contribution in [2.45, 2.75) is 108 Å². The fraction of sp³-hybridized carbons (Fsp3) is 0.611. The molecule has 2 N–H and O–H groups in total. The Labute approximate surface area is 283 Å². The molecule has 2 aromatic rings. The number of nitrogens with zero attached hydrogens (tertiary/aromatic N) is 2. The van der Waals surface area contributed by atoms with Crippen molar-refractivity contribution < 1.29 is 32.3 Å². The first-order chi connectivity index (χ1) is 22.9. The van der Waals surface area contributed by atoms with Gasteiger partial charge in [-0.2, -0.15) is 0 Å². The third-order valence-electron chi connectivity index (χ3n) is 10.7. The first-order valence-corrected chi connectivity index (χ1v) is 18.9.